The third-order valence-electron chi connectivity index (χ3n) is 5.23. The average molecular weight is 421 g/mol. The van der Waals surface area contributed by atoms with E-state index in [-0.39, 0.29) is 6.42 Å². The zero-order valence-corrected chi connectivity index (χ0v) is 17.4. The monoisotopic (exact) mass is 421 g/mol. The van der Waals surface area contributed by atoms with E-state index in [0.717, 1.165) is 54.7 Å². The van der Waals surface area contributed by atoms with E-state index in [4.69, 9.17) is 19.6 Å². The first-order chi connectivity index (χ1) is 15.1. The largest absolute Gasteiger partial charge is 0.481 e. The maximum Gasteiger partial charge on any atom is 0.317 e. The minimum atomic E-state index is -1.31. The number of hydrogen-bond acceptors (Lipinski definition) is 4. The molecule has 3 rings (SSSR count). The number of carboxylic acid groups (broad SMARTS) is 2. The third-order valence-corrected chi connectivity index (χ3v) is 5.23. The SMILES string of the molecule is O=C(O)C(CCCCCCCc1nc(-c2ccccc2)c(-c2ccccc2)o1)C(=O)O. The number of benzene rings is 2. The Hall–Kier alpha value is -3.41. The zero-order valence-electron chi connectivity index (χ0n) is 17.4. The molecule has 0 saturated heterocycles. The van der Waals surface area contributed by atoms with Crippen molar-refractivity contribution in [3.05, 3.63) is 66.6 Å². The van der Waals surface area contributed by atoms with E-state index >= 15 is 0 Å². The minimum Gasteiger partial charge on any atom is -0.481 e. The van der Waals surface area contributed by atoms with Crippen molar-refractivity contribution in [3.63, 3.8) is 0 Å². The van der Waals surface area contributed by atoms with Gasteiger partial charge in [0.2, 0.25) is 0 Å². The highest BCUT2D eigenvalue weighted by atomic mass is 16.4. The summed E-state index contributed by atoms with van der Waals surface area (Å²) in [6, 6.07) is 19.9. The van der Waals surface area contributed by atoms with E-state index in [1.807, 2.05) is 60.7 Å². The molecule has 0 aliphatic rings. The van der Waals surface area contributed by atoms with Gasteiger partial charge in [-0.25, -0.2) is 4.98 Å². The standard InChI is InChI=1S/C25H27NO5/c27-24(28)20(25(29)30)16-10-2-1-3-11-17-21-26-22(18-12-6-4-7-13-18)23(31-21)19-14-8-5-9-15-19/h4-9,12-15,20H,1-3,10-11,16-17H2,(H,27,28)(H,29,30). The van der Waals surface area contributed by atoms with Crippen LogP contribution in [0.25, 0.3) is 22.6 Å². The molecule has 0 fully saturated rings. The number of carbonyl (C=O) groups is 2. The molecule has 0 unspecified atom stereocenters. The van der Waals surface area contributed by atoms with E-state index in [2.05, 4.69) is 0 Å². The van der Waals surface area contributed by atoms with Gasteiger partial charge in [-0.3, -0.25) is 9.59 Å². The number of rotatable bonds is 12. The molecule has 162 valence electrons. The smallest absolute Gasteiger partial charge is 0.317 e. The molecule has 2 aromatic carbocycles. The van der Waals surface area contributed by atoms with Crippen molar-refractivity contribution in [2.24, 2.45) is 5.92 Å². The molecular weight excluding hydrogens is 394 g/mol. The summed E-state index contributed by atoms with van der Waals surface area (Å²) in [6.45, 7) is 0. The summed E-state index contributed by atoms with van der Waals surface area (Å²) >= 11 is 0. The molecule has 1 aromatic heterocycles. The second-order valence-corrected chi connectivity index (χ2v) is 7.55. The molecule has 6 heteroatoms. The van der Waals surface area contributed by atoms with Gasteiger partial charge in [-0.05, 0) is 12.8 Å². The lowest BCUT2D eigenvalue weighted by molar-refractivity contribution is -0.154. The summed E-state index contributed by atoms with van der Waals surface area (Å²) in [7, 11) is 0. The van der Waals surface area contributed by atoms with Crippen LogP contribution in [-0.4, -0.2) is 27.1 Å². The molecule has 0 saturated carbocycles. The molecule has 0 aliphatic carbocycles. The Morgan fingerprint density at radius 2 is 1.32 bits per heavy atom. The summed E-state index contributed by atoms with van der Waals surface area (Å²) in [4.78, 5) is 26.6. The highest BCUT2D eigenvalue weighted by molar-refractivity contribution is 5.92. The van der Waals surface area contributed by atoms with Gasteiger partial charge < -0.3 is 14.6 Å². The van der Waals surface area contributed by atoms with Crippen LogP contribution in [0.5, 0.6) is 0 Å². The summed E-state index contributed by atoms with van der Waals surface area (Å²) in [5.74, 6) is -2.36. The lowest BCUT2D eigenvalue weighted by Crippen LogP contribution is -2.23. The van der Waals surface area contributed by atoms with Crippen LogP contribution in [0.1, 0.15) is 44.4 Å². The Morgan fingerprint density at radius 1 is 0.774 bits per heavy atom. The Balaban J connectivity index is 1.54. The van der Waals surface area contributed by atoms with Gasteiger partial charge in [0.25, 0.3) is 0 Å². The van der Waals surface area contributed by atoms with Crippen LogP contribution in [0.4, 0.5) is 0 Å². The normalized spacial score (nSPS) is 11.0. The maximum atomic E-state index is 10.9. The molecule has 0 spiro atoms. The molecule has 0 amide bonds. The Morgan fingerprint density at radius 3 is 1.94 bits per heavy atom. The van der Waals surface area contributed by atoms with E-state index < -0.39 is 17.9 Å². The van der Waals surface area contributed by atoms with Crippen LogP contribution in [0.15, 0.2) is 65.1 Å². The highest BCUT2D eigenvalue weighted by Gasteiger charge is 2.24. The summed E-state index contributed by atoms with van der Waals surface area (Å²) in [6.07, 6.45) is 5.08. The van der Waals surface area contributed by atoms with Crippen LogP contribution < -0.4 is 0 Å². The van der Waals surface area contributed by atoms with Gasteiger partial charge in [-0.15, -0.1) is 0 Å². The number of hydrogen-bond donors (Lipinski definition) is 2. The molecule has 3 aromatic rings. The van der Waals surface area contributed by atoms with Gasteiger partial charge in [-0.2, -0.15) is 0 Å². The molecule has 1 heterocycles. The quantitative estimate of drug-likeness (QED) is 0.288. The topological polar surface area (TPSA) is 101 Å². The van der Waals surface area contributed by atoms with E-state index in [0.29, 0.717) is 12.3 Å². The van der Waals surface area contributed by atoms with E-state index in [9.17, 15) is 9.59 Å². The summed E-state index contributed by atoms with van der Waals surface area (Å²) < 4.78 is 6.13. The fourth-order valence-electron chi connectivity index (χ4n) is 3.56. The number of carboxylic acids is 2. The number of nitrogens with zero attached hydrogens (tertiary/aromatic N) is 1. The number of aromatic nitrogens is 1. The predicted molar refractivity (Wildman–Crippen MR) is 118 cm³/mol. The number of oxazole rings is 1. The van der Waals surface area contributed by atoms with Gasteiger partial charge in [0.1, 0.15) is 5.69 Å². The first-order valence-corrected chi connectivity index (χ1v) is 10.6. The second kappa shape index (κ2) is 11.1. The number of aliphatic carboxylic acids is 2. The zero-order chi connectivity index (χ0) is 22.1. The first kappa shape index (κ1) is 22.3. The van der Waals surface area contributed by atoms with Crippen LogP contribution in [0.2, 0.25) is 0 Å². The molecule has 0 bridgehead atoms. The Labute approximate surface area is 181 Å². The van der Waals surface area contributed by atoms with Crippen molar-refractivity contribution >= 4 is 11.9 Å². The van der Waals surface area contributed by atoms with Crippen molar-refractivity contribution in [2.45, 2.75) is 44.9 Å². The Bertz CT molecular complexity index is 911. The van der Waals surface area contributed by atoms with Crippen molar-refractivity contribution in [3.8, 4) is 22.6 Å². The first-order valence-electron chi connectivity index (χ1n) is 10.6. The molecule has 6 nitrogen and oxygen atoms in total. The van der Waals surface area contributed by atoms with E-state index in [1.54, 1.807) is 0 Å². The lowest BCUT2D eigenvalue weighted by atomic mass is 10.0. The molecule has 31 heavy (non-hydrogen) atoms. The molecule has 0 aliphatic heterocycles. The van der Waals surface area contributed by atoms with Gasteiger partial charge in [-0.1, -0.05) is 86.3 Å². The van der Waals surface area contributed by atoms with Crippen molar-refractivity contribution in [1.82, 2.24) is 4.98 Å². The fraction of sp³-hybridized carbons (Fsp3) is 0.320. The molecule has 2 N–H and O–H groups in total. The summed E-state index contributed by atoms with van der Waals surface area (Å²) in [5.41, 5.74) is 2.85. The van der Waals surface area contributed by atoms with Gasteiger partial charge in [0.05, 0.1) is 0 Å². The van der Waals surface area contributed by atoms with Crippen molar-refractivity contribution in [1.29, 1.82) is 0 Å². The van der Waals surface area contributed by atoms with Crippen molar-refractivity contribution in [2.75, 3.05) is 0 Å². The number of aryl methyl sites for hydroxylation is 1. The van der Waals surface area contributed by atoms with Gasteiger partial charge in [0, 0.05) is 17.5 Å². The second-order valence-electron chi connectivity index (χ2n) is 7.55. The van der Waals surface area contributed by atoms with Crippen LogP contribution >= 0.6 is 0 Å². The lowest BCUT2D eigenvalue weighted by Gasteiger charge is -2.06. The van der Waals surface area contributed by atoms with Crippen LogP contribution in [0.3, 0.4) is 0 Å². The van der Waals surface area contributed by atoms with Gasteiger partial charge in [0.15, 0.2) is 17.6 Å². The molecular formula is C25H27NO5. The predicted octanol–water partition coefficient (Wildman–Crippen LogP) is 5.68. The third kappa shape index (κ3) is 6.28. The maximum absolute atomic E-state index is 10.9. The molecule has 0 radical (unpaired) electrons. The minimum absolute atomic E-state index is 0.172. The average Bonchev–Trinajstić information content (AvgIpc) is 3.20. The van der Waals surface area contributed by atoms with E-state index in [1.165, 1.54) is 0 Å². The van der Waals surface area contributed by atoms with Gasteiger partial charge >= 0.3 is 11.9 Å². The number of unbranched alkanes of at least 4 members (excludes halogenated alkanes) is 4. The Kier molecular flexibility index (Phi) is 7.98. The molecule has 0 atom stereocenters. The highest BCUT2D eigenvalue weighted by Crippen LogP contribution is 2.33. The van der Waals surface area contributed by atoms with Crippen LogP contribution in [-0.2, 0) is 16.0 Å². The van der Waals surface area contributed by atoms with Crippen molar-refractivity contribution < 1.29 is 24.2 Å². The summed E-state index contributed by atoms with van der Waals surface area (Å²) in [5, 5.41) is 17.8. The van der Waals surface area contributed by atoms with Crippen LogP contribution in [0, 0.1) is 5.92 Å². The fourth-order valence-corrected chi connectivity index (χ4v) is 3.56.